The molecule has 2 rings (SSSR count). The maximum absolute atomic E-state index is 5.79. The third kappa shape index (κ3) is 1.61. The van der Waals surface area contributed by atoms with Gasteiger partial charge in [0.1, 0.15) is 0 Å². The summed E-state index contributed by atoms with van der Waals surface area (Å²) < 4.78 is 0. The van der Waals surface area contributed by atoms with Crippen LogP contribution >= 0.6 is 11.6 Å². The van der Waals surface area contributed by atoms with Crippen molar-refractivity contribution in [2.75, 3.05) is 0 Å². The summed E-state index contributed by atoms with van der Waals surface area (Å²) in [5.41, 5.74) is 7.16. The second kappa shape index (κ2) is 3.28. The fourth-order valence-corrected chi connectivity index (χ4v) is 1.32. The van der Waals surface area contributed by atoms with Crippen molar-refractivity contribution in [3.8, 4) is 0 Å². The van der Waals surface area contributed by atoms with Gasteiger partial charge < -0.3 is 5.73 Å². The fraction of sp³-hybridized carbons (Fsp3) is 0.111. The van der Waals surface area contributed by atoms with E-state index in [9.17, 15) is 0 Å². The van der Waals surface area contributed by atoms with Crippen molar-refractivity contribution in [1.82, 2.24) is 9.97 Å². The Labute approximate surface area is 80.6 Å². The van der Waals surface area contributed by atoms with Gasteiger partial charge in [0.05, 0.1) is 5.02 Å². The van der Waals surface area contributed by atoms with E-state index in [4.69, 9.17) is 17.3 Å². The lowest BCUT2D eigenvalue weighted by Crippen LogP contribution is -1.97. The lowest BCUT2D eigenvalue weighted by molar-refractivity contribution is 1.05. The summed E-state index contributed by atoms with van der Waals surface area (Å²) in [6, 6.07) is 3.78. The Kier molecular flexibility index (Phi) is 2.12. The van der Waals surface area contributed by atoms with Crippen LogP contribution in [0.4, 0.5) is 0 Å². The molecule has 13 heavy (non-hydrogen) atoms. The van der Waals surface area contributed by atoms with Gasteiger partial charge in [0.25, 0.3) is 0 Å². The number of hydrogen-bond donors (Lipinski definition) is 1. The maximum atomic E-state index is 5.79. The van der Waals surface area contributed by atoms with Crippen molar-refractivity contribution in [2.24, 2.45) is 5.73 Å². The molecule has 4 heteroatoms. The fourth-order valence-electron chi connectivity index (χ4n) is 1.15. The average molecular weight is 194 g/mol. The van der Waals surface area contributed by atoms with Crippen molar-refractivity contribution in [3.05, 3.63) is 35.1 Å². The first-order valence-electron chi connectivity index (χ1n) is 3.90. The van der Waals surface area contributed by atoms with Crippen molar-refractivity contribution in [2.45, 2.75) is 6.54 Å². The summed E-state index contributed by atoms with van der Waals surface area (Å²) in [6.45, 7) is 0.482. The first-order valence-corrected chi connectivity index (χ1v) is 4.27. The highest BCUT2D eigenvalue weighted by molar-refractivity contribution is 6.31. The molecule has 0 saturated carbocycles. The van der Waals surface area contributed by atoms with Gasteiger partial charge in [0.2, 0.25) is 0 Å². The van der Waals surface area contributed by atoms with E-state index in [1.165, 1.54) is 0 Å². The van der Waals surface area contributed by atoms with Crippen LogP contribution in [0.25, 0.3) is 11.0 Å². The highest BCUT2D eigenvalue weighted by Crippen LogP contribution is 2.15. The van der Waals surface area contributed by atoms with Crippen LogP contribution in [0.2, 0.25) is 5.02 Å². The number of pyridine rings is 2. The lowest BCUT2D eigenvalue weighted by atomic mass is 10.2. The van der Waals surface area contributed by atoms with Gasteiger partial charge in [-0.2, -0.15) is 0 Å². The van der Waals surface area contributed by atoms with Gasteiger partial charge >= 0.3 is 0 Å². The van der Waals surface area contributed by atoms with Crippen LogP contribution in [0.15, 0.2) is 24.5 Å². The standard InChI is InChI=1S/C9H8ClN3/c10-8-2-7-1-6(3-11)4-12-9(7)13-5-8/h1-2,4-5H,3,11H2. The molecule has 0 amide bonds. The minimum Gasteiger partial charge on any atom is -0.326 e. The summed E-state index contributed by atoms with van der Waals surface area (Å²) in [6.07, 6.45) is 3.31. The molecule has 0 radical (unpaired) electrons. The van der Waals surface area contributed by atoms with Crippen LogP contribution in [-0.4, -0.2) is 9.97 Å². The second-order valence-corrected chi connectivity index (χ2v) is 3.18. The first kappa shape index (κ1) is 8.41. The molecule has 0 bridgehead atoms. The van der Waals surface area contributed by atoms with E-state index in [0.717, 1.165) is 10.9 Å². The Morgan fingerprint density at radius 3 is 2.77 bits per heavy atom. The van der Waals surface area contributed by atoms with Gasteiger partial charge in [-0.05, 0) is 17.7 Å². The maximum Gasteiger partial charge on any atom is 0.159 e. The zero-order valence-electron chi connectivity index (χ0n) is 6.87. The molecule has 0 aromatic carbocycles. The molecule has 2 N–H and O–H groups in total. The molecule has 2 aromatic heterocycles. The van der Waals surface area contributed by atoms with Crippen LogP contribution in [0.3, 0.4) is 0 Å². The molecule has 2 heterocycles. The van der Waals surface area contributed by atoms with E-state index in [2.05, 4.69) is 9.97 Å². The molecule has 0 spiro atoms. The largest absolute Gasteiger partial charge is 0.326 e. The molecule has 0 atom stereocenters. The Morgan fingerprint density at radius 2 is 2.00 bits per heavy atom. The quantitative estimate of drug-likeness (QED) is 0.751. The van der Waals surface area contributed by atoms with Crippen LogP contribution in [0.1, 0.15) is 5.56 Å². The summed E-state index contributed by atoms with van der Waals surface area (Å²) in [5.74, 6) is 0. The zero-order valence-corrected chi connectivity index (χ0v) is 7.62. The van der Waals surface area contributed by atoms with E-state index in [1.54, 1.807) is 12.4 Å². The Hall–Kier alpha value is -1.19. The highest BCUT2D eigenvalue weighted by Gasteiger charge is 1.98. The van der Waals surface area contributed by atoms with E-state index >= 15 is 0 Å². The van der Waals surface area contributed by atoms with Crippen molar-refractivity contribution in [3.63, 3.8) is 0 Å². The van der Waals surface area contributed by atoms with Gasteiger partial charge in [0.15, 0.2) is 5.65 Å². The molecule has 0 aliphatic heterocycles. The topological polar surface area (TPSA) is 51.8 Å². The molecule has 3 nitrogen and oxygen atoms in total. The number of halogens is 1. The normalized spacial score (nSPS) is 10.6. The van der Waals surface area contributed by atoms with Crippen LogP contribution < -0.4 is 5.73 Å². The van der Waals surface area contributed by atoms with Gasteiger partial charge in [-0.1, -0.05) is 11.6 Å². The zero-order chi connectivity index (χ0) is 9.26. The molecule has 0 saturated heterocycles. The number of hydrogen-bond acceptors (Lipinski definition) is 3. The summed E-state index contributed by atoms with van der Waals surface area (Å²) in [7, 11) is 0. The first-order chi connectivity index (χ1) is 6.29. The Balaban J connectivity index is 2.68. The summed E-state index contributed by atoms with van der Waals surface area (Å²) >= 11 is 5.79. The second-order valence-electron chi connectivity index (χ2n) is 2.75. The molecule has 0 aliphatic rings. The molecule has 0 aliphatic carbocycles. The minimum absolute atomic E-state index is 0.482. The van der Waals surface area contributed by atoms with Gasteiger partial charge in [-0.15, -0.1) is 0 Å². The van der Waals surface area contributed by atoms with E-state index in [1.807, 2.05) is 12.1 Å². The highest BCUT2D eigenvalue weighted by atomic mass is 35.5. The van der Waals surface area contributed by atoms with Crippen LogP contribution in [-0.2, 0) is 6.54 Å². The van der Waals surface area contributed by atoms with Crippen molar-refractivity contribution >= 4 is 22.6 Å². The third-order valence-corrected chi connectivity index (χ3v) is 2.00. The molecular formula is C9H8ClN3. The van der Waals surface area contributed by atoms with Crippen molar-refractivity contribution < 1.29 is 0 Å². The predicted octanol–water partition coefficient (Wildman–Crippen LogP) is 1.74. The number of nitrogens with zero attached hydrogens (tertiary/aromatic N) is 2. The number of aromatic nitrogens is 2. The third-order valence-electron chi connectivity index (χ3n) is 1.79. The lowest BCUT2D eigenvalue weighted by Gasteiger charge is -1.99. The molecule has 0 unspecified atom stereocenters. The smallest absolute Gasteiger partial charge is 0.159 e. The average Bonchev–Trinajstić information content (AvgIpc) is 2.16. The molecular weight excluding hydrogens is 186 g/mol. The Bertz CT molecular complexity index is 442. The van der Waals surface area contributed by atoms with Crippen LogP contribution in [0.5, 0.6) is 0 Å². The molecule has 2 aromatic rings. The number of rotatable bonds is 1. The summed E-state index contributed by atoms with van der Waals surface area (Å²) in [5, 5.41) is 1.54. The van der Waals surface area contributed by atoms with Gasteiger partial charge in [0, 0.05) is 24.3 Å². The monoisotopic (exact) mass is 193 g/mol. The number of fused-ring (bicyclic) bond motifs is 1. The minimum atomic E-state index is 0.482. The van der Waals surface area contributed by atoms with E-state index in [0.29, 0.717) is 17.2 Å². The van der Waals surface area contributed by atoms with Crippen LogP contribution in [0, 0.1) is 0 Å². The van der Waals surface area contributed by atoms with E-state index in [-0.39, 0.29) is 0 Å². The van der Waals surface area contributed by atoms with Gasteiger partial charge in [-0.3, -0.25) is 0 Å². The van der Waals surface area contributed by atoms with E-state index < -0.39 is 0 Å². The molecule has 0 fully saturated rings. The Morgan fingerprint density at radius 1 is 1.23 bits per heavy atom. The van der Waals surface area contributed by atoms with Gasteiger partial charge in [-0.25, -0.2) is 9.97 Å². The predicted molar refractivity (Wildman–Crippen MR) is 52.4 cm³/mol. The number of nitrogens with two attached hydrogens (primary N) is 1. The SMILES string of the molecule is NCc1cnc2ncc(Cl)cc2c1. The van der Waals surface area contributed by atoms with Crippen molar-refractivity contribution in [1.29, 1.82) is 0 Å². The summed E-state index contributed by atoms with van der Waals surface area (Å²) in [4.78, 5) is 8.22. The molecule has 66 valence electrons.